The molecule has 51 heavy (non-hydrogen) atoms. The van der Waals surface area contributed by atoms with E-state index in [0.717, 1.165) is 71.4 Å². The number of carbonyl (C=O) groups is 2. The fourth-order valence-corrected chi connectivity index (χ4v) is 9.05. The number of aromatic hydroxyl groups is 1. The quantitative estimate of drug-likeness (QED) is 0.121. The lowest BCUT2D eigenvalue weighted by atomic mass is 9.58. The number of nitrogens with zero attached hydrogens (tertiary/aromatic N) is 2. The molecule has 4 aliphatic rings. The predicted molar refractivity (Wildman–Crippen MR) is 202 cm³/mol. The minimum Gasteiger partial charge on any atom is -0.507 e. The molecule has 0 aromatic heterocycles. The zero-order valence-electron chi connectivity index (χ0n) is 29.1. The van der Waals surface area contributed by atoms with Gasteiger partial charge in [-0.25, -0.2) is 0 Å². The molecule has 0 saturated carbocycles. The Kier molecular flexibility index (Phi) is 11.1. The van der Waals surface area contributed by atoms with E-state index in [1.165, 1.54) is 5.56 Å². The van der Waals surface area contributed by atoms with Crippen LogP contribution in [0.3, 0.4) is 0 Å². The monoisotopic (exact) mass is 752 g/mol. The Hall–Kier alpha value is -3.70. The number of benzene rings is 3. The first-order chi connectivity index (χ1) is 24.8. The number of halogens is 1. The number of imide groups is 1. The van der Waals surface area contributed by atoms with E-state index in [9.17, 15) is 19.7 Å². The average Bonchev–Trinajstić information content (AvgIpc) is 3.40. The van der Waals surface area contributed by atoms with Crippen molar-refractivity contribution in [1.29, 1.82) is 0 Å². The number of rotatable bonds is 11. The van der Waals surface area contributed by atoms with Crippen molar-refractivity contribution in [2.75, 3.05) is 19.7 Å². The highest BCUT2D eigenvalue weighted by Crippen LogP contribution is 2.51. The van der Waals surface area contributed by atoms with Gasteiger partial charge in [0.2, 0.25) is 11.8 Å². The second kappa shape index (κ2) is 15.9. The maximum Gasteiger partial charge on any atom is 0.455 e. The van der Waals surface area contributed by atoms with Crippen LogP contribution in [0.15, 0.2) is 100 Å². The van der Waals surface area contributed by atoms with Gasteiger partial charge < -0.3 is 19.5 Å². The minimum absolute atomic E-state index is 0.0784. The van der Waals surface area contributed by atoms with Crippen molar-refractivity contribution >= 4 is 40.9 Å². The second-order valence-electron chi connectivity index (χ2n) is 14.4. The summed E-state index contributed by atoms with van der Waals surface area (Å²) in [7, 11) is -1.04. The van der Waals surface area contributed by atoms with Crippen LogP contribution in [0.25, 0.3) is 6.08 Å². The Labute approximate surface area is 309 Å². The van der Waals surface area contributed by atoms with Crippen molar-refractivity contribution in [3.8, 4) is 11.5 Å². The molecule has 0 unspecified atom stereocenters. The fraction of sp³-hybridized carbons (Fsp3) is 0.415. The number of para-hydroxylation sites is 1. The summed E-state index contributed by atoms with van der Waals surface area (Å²) in [4.78, 5) is 32.7. The van der Waals surface area contributed by atoms with Crippen LogP contribution in [-0.4, -0.2) is 70.7 Å². The Morgan fingerprint density at radius 2 is 1.73 bits per heavy atom. The molecule has 0 radical (unpaired) electrons. The largest absolute Gasteiger partial charge is 0.507 e. The number of phenols is 1. The summed E-state index contributed by atoms with van der Waals surface area (Å²) in [5.41, 5.74) is 5.14. The number of ether oxygens (including phenoxy) is 1. The average molecular weight is 754 g/mol. The lowest BCUT2D eigenvalue weighted by molar-refractivity contribution is -0.144. The van der Waals surface area contributed by atoms with Gasteiger partial charge >= 0.3 is 7.12 Å². The molecule has 2 amide bonds. The summed E-state index contributed by atoms with van der Waals surface area (Å²) in [5.74, 6) is -0.522. The number of hydrogen-bond donors (Lipinski definition) is 2. The minimum atomic E-state index is -1.04. The number of amides is 2. The highest BCUT2D eigenvalue weighted by molar-refractivity contribution is 9.10. The van der Waals surface area contributed by atoms with E-state index in [1.807, 2.05) is 54.6 Å². The Morgan fingerprint density at radius 3 is 2.45 bits per heavy atom. The van der Waals surface area contributed by atoms with Gasteiger partial charge in [0.25, 0.3) is 0 Å². The maximum absolute atomic E-state index is 14.4. The van der Waals surface area contributed by atoms with Crippen LogP contribution in [-0.2, 0) is 20.8 Å². The van der Waals surface area contributed by atoms with E-state index in [1.54, 1.807) is 11.0 Å². The predicted octanol–water partition coefficient (Wildman–Crippen LogP) is 7.27. The first-order valence-electron chi connectivity index (χ1n) is 18.3. The second-order valence-corrected chi connectivity index (χ2v) is 15.3. The van der Waals surface area contributed by atoms with E-state index in [4.69, 9.17) is 9.39 Å². The molecule has 0 bridgehead atoms. The smallest absolute Gasteiger partial charge is 0.455 e. The van der Waals surface area contributed by atoms with Crippen molar-refractivity contribution in [1.82, 2.24) is 9.80 Å². The number of fused-ring (bicyclic) bond motifs is 3. The van der Waals surface area contributed by atoms with Crippen LogP contribution >= 0.6 is 15.9 Å². The maximum atomic E-state index is 14.4. The van der Waals surface area contributed by atoms with Gasteiger partial charge in [0, 0.05) is 35.7 Å². The number of phenolic OH excluding ortho intramolecular Hbond substituents is 1. The van der Waals surface area contributed by atoms with Crippen molar-refractivity contribution in [2.24, 2.45) is 17.8 Å². The highest BCUT2D eigenvalue weighted by Gasteiger charge is 2.58. The summed E-state index contributed by atoms with van der Waals surface area (Å²) >= 11 is 3.50. The van der Waals surface area contributed by atoms with E-state index in [-0.39, 0.29) is 42.5 Å². The van der Waals surface area contributed by atoms with Crippen LogP contribution in [0.1, 0.15) is 56.6 Å². The molecule has 1 aliphatic carbocycles. The molecular weight excluding hydrogens is 707 g/mol. The van der Waals surface area contributed by atoms with Crippen molar-refractivity contribution in [3.05, 3.63) is 111 Å². The number of piperidine rings is 1. The van der Waals surface area contributed by atoms with Gasteiger partial charge in [0.1, 0.15) is 18.1 Å². The number of likely N-dealkylation sites (tertiary alicyclic amines) is 2. The molecule has 3 saturated heterocycles. The molecule has 2 N–H and O–H groups in total. The third kappa shape index (κ3) is 7.89. The van der Waals surface area contributed by atoms with Crippen LogP contribution in [0, 0.1) is 17.8 Å². The van der Waals surface area contributed by atoms with E-state index < -0.39 is 25.1 Å². The van der Waals surface area contributed by atoms with E-state index in [2.05, 4.69) is 52.0 Å². The summed E-state index contributed by atoms with van der Waals surface area (Å²) in [6, 6.07) is 25.3. The zero-order valence-corrected chi connectivity index (χ0v) is 30.7. The Balaban J connectivity index is 1.13. The fourth-order valence-electron chi connectivity index (χ4n) is 8.67. The van der Waals surface area contributed by atoms with Gasteiger partial charge in [-0.15, -0.1) is 0 Å². The number of hydrogen-bond acceptors (Lipinski definition) is 7. The number of carbonyl (C=O) groups excluding carboxylic acids is 2. The third-order valence-electron chi connectivity index (χ3n) is 11.2. The topological polar surface area (TPSA) is 99.5 Å². The van der Waals surface area contributed by atoms with Crippen LogP contribution in [0.2, 0.25) is 6.32 Å². The molecule has 3 aromatic carbocycles. The standard InChI is InChI=1S/C41H46BBrN2O6/c1-2-27(21-29-22-31(43)14-15-36(29)46)13-16-37-38-30(26-50-33-11-7-4-8-12-33)23-34-39(35(38)24-42(49)51-37)41(48)45(40(34)47)32-17-19-44(20-18-32)25-28-9-5-3-6-10-28/h3-12,14-15,21-22,32,34-35,37,39,46,49H,2,13,16-20,23-26H2,1H3/b27-21+/t34-,35+,37-,39-/m1/s1. The van der Waals surface area contributed by atoms with Gasteiger partial charge in [-0.05, 0) is 97.8 Å². The molecule has 3 heterocycles. The molecule has 3 aliphatic heterocycles. The van der Waals surface area contributed by atoms with E-state index >= 15 is 0 Å². The van der Waals surface area contributed by atoms with Crippen LogP contribution in [0.4, 0.5) is 0 Å². The first kappa shape index (κ1) is 35.7. The van der Waals surface area contributed by atoms with Gasteiger partial charge in [-0.1, -0.05) is 83.0 Å². The Morgan fingerprint density at radius 1 is 1.00 bits per heavy atom. The molecular formula is C41H46BBrN2O6. The molecule has 10 heteroatoms. The van der Waals surface area contributed by atoms with Gasteiger partial charge in [0.05, 0.1) is 17.9 Å². The van der Waals surface area contributed by atoms with Gasteiger partial charge in [0.15, 0.2) is 0 Å². The SMILES string of the molecule is CC/C(=C\c1cc(Br)ccc1O)CC[C@H]1OB(O)C[C@H]2C1=C(COc1ccccc1)C[C@H]1C(=O)N(C3CCN(Cc4ccccc4)CC3)C(=O)[C@H]12. The first-order valence-corrected chi connectivity index (χ1v) is 19.1. The summed E-state index contributed by atoms with van der Waals surface area (Å²) < 4.78 is 13.5. The van der Waals surface area contributed by atoms with E-state index in [0.29, 0.717) is 19.3 Å². The van der Waals surface area contributed by atoms with Gasteiger partial charge in [-0.2, -0.15) is 0 Å². The molecule has 3 aromatic rings. The van der Waals surface area contributed by atoms with Crippen molar-refractivity contribution in [2.45, 2.75) is 70.5 Å². The zero-order chi connectivity index (χ0) is 35.5. The summed E-state index contributed by atoms with van der Waals surface area (Å²) in [6.07, 6.45) is 5.86. The molecule has 4 atom stereocenters. The molecule has 266 valence electrons. The molecule has 0 spiro atoms. The molecule has 7 rings (SSSR count). The summed E-state index contributed by atoms with van der Waals surface area (Å²) in [6.45, 7) is 4.90. The van der Waals surface area contributed by atoms with Crippen molar-refractivity contribution in [3.63, 3.8) is 0 Å². The third-order valence-corrected chi connectivity index (χ3v) is 11.7. The molecule has 3 fully saturated rings. The highest BCUT2D eigenvalue weighted by atomic mass is 79.9. The van der Waals surface area contributed by atoms with Gasteiger partial charge in [-0.3, -0.25) is 19.4 Å². The number of allylic oxidation sites excluding steroid dienone is 1. The van der Waals surface area contributed by atoms with Crippen LogP contribution < -0.4 is 4.74 Å². The van der Waals surface area contributed by atoms with Crippen molar-refractivity contribution < 1.29 is 29.1 Å². The lowest BCUT2D eigenvalue weighted by Gasteiger charge is -2.43. The normalized spacial score (nSPS) is 24.6. The molecule has 8 nitrogen and oxygen atoms in total. The van der Waals surface area contributed by atoms with Crippen LogP contribution in [0.5, 0.6) is 11.5 Å². The summed E-state index contributed by atoms with van der Waals surface area (Å²) in [5, 5.41) is 21.6. The Bertz CT molecular complexity index is 1780. The lowest BCUT2D eigenvalue weighted by Crippen LogP contribution is -2.48.